The lowest BCUT2D eigenvalue weighted by molar-refractivity contribution is -0.401. The molecule has 24 heavy (non-hydrogen) atoms. The van der Waals surface area contributed by atoms with E-state index >= 15 is 0 Å². The van der Waals surface area contributed by atoms with Crippen molar-refractivity contribution in [1.29, 1.82) is 0 Å². The van der Waals surface area contributed by atoms with Crippen LogP contribution < -0.4 is 5.32 Å². The van der Waals surface area contributed by atoms with E-state index in [-0.39, 0.29) is 0 Å². The van der Waals surface area contributed by atoms with Gasteiger partial charge in [-0.25, -0.2) is 0 Å². The number of nitrogens with zero attached hydrogens (tertiary/aromatic N) is 3. The average Bonchev–Trinajstić information content (AvgIpc) is 2.45. The Labute approximate surface area is 161 Å². The molecule has 0 bridgehead atoms. The highest BCUT2D eigenvalue weighted by Crippen LogP contribution is 2.40. The van der Waals surface area contributed by atoms with Crippen molar-refractivity contribution < 1.29 is 14.8 Å². The maximum absolute atomic E-state index is 11.2. The van der Waals surface area contributed by atoms with Crippen LogP contribution in [0, 0.1) is 37.5 Å². The zero-order valence-corrected chi connectivity index (χ0v) is 15.7. The lowest BCUT2D eigenvalue weighted by atomic mass is 10.2. The Balaban J connectivity index is 2.68. The zero-order chi connectivity index (χ0) is 18.0. The predicted molar refractivity (Wildman–Crippen MR) is 102 cm³/mol. The first-order valence-corrected chi connectivity index (χ1v) is 8.19. The quantitative estimate of drug-likeness (QED) is 0.328. The van der Waals surface area contributed by atoms with Gasteiger partial charge >= 0.3 is 11.4 Å². The first kappa shape index (κ1) is 18.2. The van der Waals surface area contributed by atoms with Crippen LogP contribution in [0.3, 0.4) is 0 Å². The molecule has 0 aliphatic rings. The van der Waals surface area contributed by atoms with Gasteiger partial charge in [0.25, 0.3) is 5.69 Å². The molecule has 0 amide bonds. The molecule has 0 saturated heterocycles. The Morgan fingerprint density at radius 1 is 0.750 bits per heavy atom. The summed E-state index contributed by atoms with van der Waals surface area (Å²) in [6.07, 6.45) is 0. The number of anilines is 2. The van der Waals surface area contributed by atoms with Crippen LogP contribution in [0.25, 0.3) is 0 Å². The minimum absolute atomic E-state index is 0.395. The highest BCUT2D eigenvalue weighted by atomic mass is 127. The lowest BCUT2D eigenvalue weighted by Crippen LogP contribution is -2.03. The summed E-state index contributed by atoms with van der Waals surface area (Å²) in [7, 11) is 0. The van der Waals surface area contributed by atoms with Crippen LogP contribution >= 0.6 is 45.2 Å². The number of nitro groups is 3. The summed E-state index contributed by atoms with van der Waals surface area (Å²) in [4.78, 5) is 30.6. The van der Waals surface area contributed by atoms with Crippen molar-refractivity contribution in [3.05, 3.63) is 67.8 Å². The largest absolute Gasteiger partial charge is 0.344 e. The molecule has 0 unspecified atom stereocenters. The van der Waals surface area contributed by atoms with Crippen molar-refractivity contribution in [3.63, 3.8) is 0 Å². The summed E-state index contributed by atoms with van der Waals surface area (Å²) >= 11 is 4.06. The van der Waals surface area contributed by atoms with Crippen molar-refractivity contribution in [1.82, 2.24) is 0 Å². The van der Waals surface area contributed by atoms with Crippen LogP contribution in [0.15, 0.2) is 30.3 Å². The summed E-state index contributed by atoms with van der Waals surface area (Å²) in [5.41, 5.74) is -2.23. The van der Waals surface area contributed by atoms with Crippen molar-refractivity contribution >= 4 is 73.6 Å². The molecule has 0 fully saturated rings. The molecule has 2 rings (SSSR count). The minimum Gasteiger partial charge on any atom is -0.344 e. The molecular weight excluding hydrogens is 550 g/mol. The molecule has 2 aromatic carbocycles. The van der Waals surface area contributed by atoms with Gasteiger partial charge in [0.05, 0.1) is 26.9 Å². The van der Waals surface area contributed by atoms with E-state index in [9.17, 15) is 30.3 Å². The molecule has 12 heteroatoms. The van der Waals surface area contributed by atoms with Gasteiger partial charge in [-0.05, 0) is 63.4 Å². The summed E-state index contributed by atoms with van der Waals surface area (Å²) < 4.78 is 1.63. The van der Waals surface area contributed by atoms with Gasteiger partial charge in [0.2, 0.25) is 0 Å². The third-order valence-electron chi connectivity index (χ3n) is 2.82. The summed E-state index contributed by atoms with van der Waals surface area (Å²) in [5, 5.41) is 35.9. The third-order valence-corrected chi connectivity index (χ3v) is 4.06. The molecule has 124 valence electrons. The SMILES string of the molecule is O=[N+]([O-])c1cc([N+](=O)[O-])c(Nc2cc(I)cc(I)c2)c([N+](=O)[O-])c1. The number of nitro benzene ring substituents is 3. The fourth-order valence-corrected chi connectivity index (χ4v) is 3.83. The van der Waals surface area contributed by atoms with Gasteiger partial charge in [0.1, 0.15) is 0 Å². The maximum atomic E-state index is 11.2. The number of non-ortho nitro benzene ring substituents is 1. The number of halogens is 2. The maximum Gasteiger partial charge on any atom is 0.306 e. The molecule has 0 aliphatic heterocycles. The zero-order valence-electron chi connectivity index (χ0n) is 11.4. The monoisotopic (exact) mass is 556 g/mol. The van der Waals surface area contributed by atoms with E-state index < -0.39 is 37.5 Å². The molecule has 0 aliphatic carbocycles. The molecule has 2 aromatic rings. The molecule has 1 N–H and O–H groups in total. The van der Waals surface area contributed by atoms with Gasteiger partial charge in [-0.15, -0.1) is 0 Å². The van der Waals surface area contributed by atoms with Crippen LogP contribution in [-0.4, -0.2) is 14.8 Å². The van der Waals surface area contributed by atoms with Crippen molar-refractivity contribution in [2.24, 2.45) is 0 Å². The second-order valence-corrected chi connectivity index (χ2v) is 6.90. The second-order valence-electron chi connectivity index (χ2n) is 4.41. The van der Waals surface area contributed by atoms with E-state index in [1.165, 1.54) is 0 Å². The fraction of sp³-hybridized carbons (Fsp3) is 0. The van der Waals surface area contributed by atoms with Crippen molar-refractivity contribution in [3.8, 4) is 0 Å². The molecule has 0 heterocycles. The standard InChI is InChI=1S/C12H6I2N4O6/c13-6-1-7(14)3-8(2-6)15-12-10(17(21)22)4-9(16(19)20)5-11(12)18(23)24/h1-5,15H. The Morgan fingerprint density at radius 3 is 1.58 bits per heavy atom. The van der Waals surface area contributed by atoms with Crippen molar-refractivity contribution in [2.45, 2.75) is 0 Å². The fourth-order valence-electron chi connectivity index (χ4n) is 1.89. The molecule has 0 spiro atoms. The normalized spacial score (nSPS) is 10.2. The third kappa shape index (κ3) is 4.05. The molecule has 0 aromatic heterocycles. The predicted octanol–water partition coefficient (Wildman–Crippen LogP) is 4.36. The van der Waals surface area contributed by atoms with E-state index in [1.807, 2.05) is 51.2 Å². The summed E-state index contributed by atoms with van der Waals surface area (Å²) in [6, 6.07) is 6.49. The molecular formula is C12H6I2N4O6. The van der Waals surface area contributed by atoms with Gasteiger partial charge < -0.3 is 5.32 Å². The number of nitrogens with one attached hydrogen (secondary N) is 1. The lowest BCUT2D eigenvalue weighted by Gasteiger charge is -2.09. The highest BCUT2D eigenvalue weighted by Gasteiger charge is 2.30. The van der Waals surface area contributed by atoms with Crippen LogP contribution in [0.1, 0.15) is 0 Å². The number of rotatable bonds is 5. The van der Waals surface area contributed by atoms with Gasteiger partial charge in [-0.1, -0.05) is 0 Å². The Morgan fingerprint density at radius 2 is 1.21 bits per heavy atom. The molecule has 10 nitrogen and oxygen atoms in total. The minimum atomic E-state index is -0.918. The van der Waals surface area contributed by atoms with E-state index in [2.05, 4.69) is 5.32 Å². The van der Waals surface area contributed by atoms with E-state index in [0.717, 1.165) is 7.14 Å². The smallest absolute Gasteiger partial charge is 0.306 e. The summed E-state index contributed by atoms with van der Waals surface area (Å²) in [6.45, 7) is 0. The Bertz CT molecular complexity index is 817. The van der Waals surface area contributed by atoms with Gasteiger partial charge in [0, 0.05) is 12.8 Å². The highest BCUT2D eigenvalue weighted by molar-refractivity contribution is 14.1. The first-order valence-electron chi connectivity index (χ1n) is 6.03. The molecule has 0 radical (unpaired) electrons. The van der Waals surface area contributed by atoms with E-state index in [4.69, 9.17) is 0 Å². The average molecular weight is 556 g/mol. The first-order chi connectivity index (χ1) is 11.2. The van der Waals surface area contributed by atoms with Crippen molar-refractivity contribution in [2.75, 3.05) is 5.32 Å². The van der Waals surface area contributed by atoms with Crippen LogP contribution in [0.4, 0.5) is 28.4 Å². The van der Waals surface area contributed by atoms with Crippen LogP contribution in [0.2, 0.25) is 0 Å². The number of hydrogen-bond donors (Lipinski definition) is 1. The van der Waals surface area contributed by atoms with Gasteiger partial charge in [-0.2, -0.15) is 0 Å². The number of benzene rings is 2. The van der Waals surface area contributed by atoms with E-state index in [0.29, 0.717) is 17.8 Å². The Kier molecular flexibility index (Phi) is 5.47. The van der Waals surface area contributed by atoms with Gasteiger partial charge in [0.15, 0.2) is 5.69 Å². The van der Waals surface area contributed by atoms with Crippen LogP contribution in [-0.2, 0) is 0 Å². The number of hydrogen-bond acceptors (Lipinski definition) is 7. The molecule has 0 atom stereocenters. The Hall–Kier alpha value is -2.10. The van der Waals surface area contributed by atoms with Crippen LogP contribution in [0.5, 0.6) is 0 Å². The van der Waals surface area contributed by atoms with E-state index in [1.54, 1.807) is 12.1 Å². The topological polar surface area (TPSA) is 141 Å². The summed E-state index contributed by atoms with van der Waals surface area (Å²) in [5.74, 6) is 0. The second kappa shape index (κ2) is 7.20. The van der Waals surface area contributed by atoms with Gasteiger partial charge in [-0.3, -0.25) is 30.3 Å². The molecule has 0 saturated carbocycles.